The van der Waals surface area contributed by atoms with Crippen molar-refractivity contribution in [2.24, 2.45) is 0 Å². The van der Waals surface area contributed by atoms with Crippen LogP contribution in [-0.2, 0) is 17.8 Å². The van der Waals surface area contributed by atoms with Crippen LogP contribution in [0.5, 0.6) is 0 Å². The number of nitrogen functional groups attached to an aromatic ring is 1. The molecule has 0 bridgehead atoms. The van der Waals surface area contributed by atoms with Crippen molar-refractivity contribution in [3.8, 4) is 0 Å². The molecule has 0 radical (unpaired) electrons. The number of anilines is 2. The predicted molar refractivity (Wildman–Crippen MR) is 80.6 cm³/mol. The van der Waals surface area contributed by atoms with E-state index >= 15 is 0 Å². The molecule has 2 rings (SSSR count). The van der Waals surface area contributed by atoms with Crippen LogP contribution in [0.4, 0.5) is 11.4 Å². The lowest BCUT2D eigenvalue weighted by Gasteiger charge is -2.10. The minimum Gasteiger partial charge on any atom is -0.396 e. The van der Waals surface area contributed by atoms with Gasteiger partial charge < -0.3 is 11.1 Å². The Morgan fingerprint density at radius 3 is 2.65 bits per heavy atom. The molecule has 0 aliphatic carbocycles. The third kappa shape index (κ3) is 2.82. The SMILES string of the molecule is CCc1ccccc1NC(=O)Cn1nc(C)c(N)c1C. The fraction of sp³-hybridized carbons (Fsp3) is 0.333. The van der Waals surface area contributed by atoms with Crippen LogP contribution in [0, 0.1) is 13.8 Å². The average molecular weight is 272 g/mol. The molecule has 3 N–H and O–H groups in total. The summed E-state index contributed by atoms with van der Waals surface area (Å²) in [4.78, 5) is 12.1. The smallest absolute Gasteiger partial charge is 0.246 e. The molecule has 0 saturated heterocycles. The number of aryl methyl sites for hydroxylation is 2. The van der Waals surface area contributed by atoms with E-state index in [1.165, 1.54) is 0 Å². The number of para-hydroxylation sites is 1. The second-order valence-electron chi connectivity index (χ2n) is 4.80. The second-order valence-corrected chi connectivity index (χ2v) is 4.80. The highest BCUT2D eigenvalue weighted by Gasteiger charge is 2.12. The molecule has 106 valence electrons. The van der Waals surface area contributed by atoms with E-state index in [0.29, 0.717) is 5.69 Å². The predicted octanol–water partition coefficient (Wildman–Crippen LogP) is 2.28. The van der Waals surface area contributed by atoms with E-state index in [1.54, 1.807) is 4.68 Å². The number of amides is 1. The summed E-state index contributed by atoms with van der Waals surface area (Å²) in [6.07, 6.45) is 0.878. The first-order valence-corrected chi connectivity index (χ1v) is 6.70. The number of nitrogens with two attached hydrogens (primary N) is 1. The highest BCUT2D eigenvalue weighted by Crippen LogP contribution is 2.17. The van der Waals surface area contributed by atoms with E-state index in [0.717, 1.165) is 29.1 Å². The van der Waals surface area contributed by atoms with Gasteiger partial charge in [-0.15, -0.1) is 0 Å². The average Bonchev–Trinajstić information content (AvgIpc) is 2.67. The van der Waals surface area contributed by atoms with Crippen LogP contribution in [0.2, 0.25) is 0 Å². The summed E-state index contributed by atoms with van der Waals surface area (Å²) in [5.41, 5.74) is 10.1. The van der Waals surface area contributed by atoms with Crippen LogP contribution in [0.25, 0.3) is 0 Å². The van der Waals surface area contributed by atoms with E-state index < -0.39 is 0 Å². The standard InChI is InChI=1S/C15H20N4O/c1-4-12-7-5-6-8-13(12)17-14(20)9-19-11(3)15(16)10(2)18-19/h5-8H,4,9,16H2,1-3H3,(H,17,20). The van der Waals surface area contributed by atoms with Crippen LogP contribution in [-0.4, -0.2) is 15.7 Å². The van der Waals surface area contributed by atoms with Gasteiger partial charge in [-0.2, -0.15) is 5.10 Å². The van der Waals surface area contributed by atoms with E-state index in [9.17, 15) is 4.79 Å². The van der Waals surface area contributed by atoms with Gasteiger partial charge in [-0.1, -0.05) is 25.1 Å². The molecule has 1 aromatic carbocycles. The van der Waals surface area contributed by atoms with Crippen molar-refractivity contribution in [1.29, 1.82) is 0 Å². The van der Waals surface area contributed by atoms with Crippen LogP contribution in [0.15, 0.2) is 24.3 Å². The van der Waals surface area contributed by atoms with Crippen LogP contribution < -0.4 is 11.1 Å². The largest absolute Gasteiger partial charge is 0.396 e. The van der Waals surface area contributed by atoms with Gasteiger partial charge in [0.05, 0.1) is 17.1 Å². The number of hydrogen-bond acceptors (Lipinski definition) is 3. The van der Waals surface area contributed by atoms with E-state index in [2.05, 4.69) is 17.3 Å². The van der Waals surface area contributed by atoms with Gasteiger partial charge in [0, 0.05) is 5.69 Å². The topological polar surface area (TPSA) is 72.9 Å². The first-order chi connectivity index (χ1) is 9.52. The van der Waals surface area contributed by atoms with E-state index in [-0.39, 0.29) is 12.5 Å². The molecule has 0 spiro atoms. The summed E-state index contributed by atoms with van der Waals surface area (Å²) in [6, 6.07) is 7.80. The minimum atomic E-state index is -0.100. The van der Waals surface area contributed by atoms with Crippen molar-refractivity contribution < 1.29 is 4.79 Å². The molecule has 5 heteroatoms. The molecular formula is C15H20N4O. The maximum Gasteiger partial charge on any atom is 0.246 e. The first-order valence-electron chi connectivity index (χ1n) is 6.70. The summed E-state index contributed by atoms with van der Waals surface area (Å²) in [7, 11) is 0. The number of nitrogens with one attached hydrogen (secondary N) is 1. The van der Waals surface area contributed by atoms with Crippen molar-refractivity contribution in [1.82, 2.24) is 9.78 Å². The third-order valence-corrected chi connectivity index (χ3v) is 3.40. The van der Waals surface area contributed by atoms with Gasteiger partial charge in [-0.3, -0.25) is 9.48 Å². The summed E-state index contributed by atoms with van der Waals surface area (Å²) in [5.74, 6) is -0.100. The zero-order valence-corrected chi connectivity index (χ0v) is 12.1. The number of rotatable bonds is 4. The number of aromatic nitrogens is 2. The van der Waals surface area contributed by atoms with Gasteiger partial charge in [0.2, 0.25) is 5.91 Å². The summed E-state index contributed by atoms with van der Waals surface area (Å²) in [5, 5.41) is 7.19. The molecule has 20 heavy (non-hydrogen) atoms. The highest BCUT2D eigenvalue weighted by molar-refractivity contribution is 5.91. The minimum absolute atomic E-state index is 0.100. The number of carbonyl (C=O) groups is 1. The Morgan fingerprint density at radius 1 is 1.35 bits per heavy atom. The zero-order chi connectivity index (χ0) is 14.7. The fourth-order valence-corrected chi connectivity index (χ4v) is 2.14. The summed E-state index contributed by atoms with van der Waals surface area (Å²) in [6.45, 7) is 5.93. The van der Waals surface area contributed by atoms with Crippen molar-refractivity contribution in [3.05, 3.63) is 41.2 Å². The third-order valence-electron chi connectivity index (χ3n) is 3.40. The number of hydrogen-bond donors (Lipinski definition) is 2. The Bertz CT molecular complexity index is 631. The molecule has 1 heterocycles. The highest BCUT2D eigenvalue weighted by atomic mass is 16.2. The van der Waals surface area contributed by atoms with E-state index in [4.69, 9.17) is 5.73 Å². The monoisotopic (exact) mass is 272 g/mol. The van der Waals surface area contributed by atoms with Crippen molar-refractivity contribution in [2.75, 3.05) is 11.1 Å². The van der Waals surface area contributed by atoms with Crippen molar-refractivity contribution >= 4 is 17.3 Å². The van der Waals surface area contributed by atoms with Crippen LogP contribution in [0.3, 0.4) is 0 Å². The molecule has 1 amide bonds. The van der Waals surface area contributed by atoms with Crippen molar-refractivity contribution in [3.63, 3.8) is 0 Å². The Morgan fingerprint density at radius 2 is 2.05 bits per heavy atom. The molecule has 1 aromatic heterocycles. The molecule has 2 aromatic rings. The Labute approximate surface area is 118 Å². The number of nitrogens with zero attached hydrogens (tertiary/aromatic N) is 2. The van der Waals surface area contributed by atoms with Gasteiger partial charge in [-0.25, -0.2) is 0 Å². The van der Waals surface area contributed by atoms with Crippen molar-refractivity contribution in [2.45, 2.75) is 33.7 Å². The second kappa shape index (κ2) is 5.77. The number of carbonyl (C=O) groups excluding carboxylic acids is 1. The number of benzene rings is 1. The summed E-state index contributed by atoms with van der Waals surface area (Å²) >= 11 is 0. The van der Waals surface area contributed by atoms with Gasteiger partial charge >= 0.3 is 0 Å². The Kier molecular flexibility index (Phi) is 4.08. The normalized spacial score (nSPS) is 10.6. The summed E-state index contributed by atoms with van der Waals surface area (Å²) < 4.78 is 1.63. The Hall–Kier alpha value is -2.30. The molecule has 5 nitrogen and oxygen atoms in total. The molecule has 0 aliphatic rings. The van der Waals surface area contributed by atoms with E-state index in [1.807, 2.05) is 38.1 Å². The lowest BCUT2D eigenvalue weighted by Crippen LogP contribution is -2.21. The lowest BCUT2D eigenvalue weighted by atomic mass is 10.1. The molecule has 0 atom stereocenters. The lowest BCUT2D eigenvalue weighted by molar-refractivity contribution is -0.116. The quantitative estimate of drug-likeness (QED) is 0.896. The van der Waals surface area contributed by atoms with Crippen LogP contribution in [0.1, 0.15) is 23.9 Å². The van der Waals surface area contributed by atoms with Gasteiger partial charge in [0.25, 0.3) is 0 Å². The molecule has 0 saturated carbocycles. The zero-order valence-electron chi connectivity index (χ0n) is 12.1. The van der Waals surface area contributed by atoms with Gasteiger partial charge in [-0.05, 0) is 31.9 Å². The van der Waals surface area contributed by atoms with Gasteiger partial charge in [0.15, 0.2) is 0 Å². The van der Waals surface area contributed by atoms with Crippen LogP contribution >= 0.6 is 0 Å². The first kappa shape index (κ1) is 14.1. The molecule has 0 unspecified atom stereocenters. The molecule has 0 aliphatic heterocycles. The fourth-order valence-electron chi connectivity index (χ4n) is 2.14. The molecular weight excluding hydrogens is 252 g/mol. The molecule has 0 fully saturated rings. The Balaban J connectivity index is 2.11. The maximum absolute atomic E-state index is 12.1. The maximum atomic E-state index is 12.1. The van der Waals surface area contributed by atoms with Gasteiger partial charge in [0.1, 0.15) is 6.54 Å².